The van der Waals surface area contributed by atoms with Gasteiger partial charge in [0.25, 0.3) is 5.91 Å². The molecular formula is C14H12FNO4S. The molecule has 1 aromatic carbocycles. The van der Waals surface area contributed by atoms with Gasteiger partial charge in [0.05, 0.1) is 18.0 Å². The highest BCUT2D eigenvalue weighted by Crippen LogP contribution is 2.27. The molecule has 0 bridgehead atoms. The second kappa shape index (κ2) is 5.42. The summed E-state index contributed by atoms with van der Waals surface area (Å²) in [5, 5.41) is 9.75. The Labute approximate surface area is 123 Å². The molecule has 5 nitrogen and oxygen atoms in total. The van der Waals surface area contributed by atoms with Gasteiger partial charge >= 0.3 is 5.97 Å². The van der Waals surface area contributed by atoms with Crippen LogP contribution in [0, 0.1) is 5.82 Å². The average molecular weight is 309 g/mol. The van der Waals surface area contributed by atoms with Gasteiger partial charge in [0.2, 0.25) is 0 Å². The number of carbonyl (C=O) groups excluding carboxylic acids is 1. The van der Waals surface area contributed by atoms with Gasteiger partial charge in [0, 0.05) is 11.2 Å². The molecule has 1 atom stereocenters. The van der Waals surface area contributed by atoms with E-state index in [0.717, 1.165) is 5.39 Å². The predicted molar refractivity (Wildman–Crippen MR) is 75.1 cm³/mol. The van der Waals surface area contributed by atoms with Crippen LogP contribution in [0.15, 0.2) is 24.3 Å². The third kappa shape index (κ3) is 2.74. The van der Waals surface area contributed by atoms with Crippen molar-refractivity contribution < 1.29 is 23.8 Å². The summed E-state index contributed by atoms with van der Waals surface area (Å²) in [6.07, 6.45) is -0.991. The normalized spacial score (nSPS) is 18.9. The molecule has 1 N–H and O–H groups in total. The van der Waals surface area contributed by atoms with Crippen molar-refractivity contribution in [1.29, 1.82) is 0 Å². The Hall–Kier alpha value is -1.99. The Bertz CT molecular complexity index is 714. The molecule has 0 saturated carbocycles. The number of ether oxygens (including phenoxy) is 1. The van der Waals surface area contributed by atoms with E-state index in [0.29, 0.717) is 16.1 Å². The molecular weight excluding hydrogens is 297 g/mol. The highest BCUT2D eigenvalue weighted by molar-refractivity contribution is 7.20. The first-order valence-corrected chi connectivity index (χ1v) is 7.19. The summed E-state index contributed by atoms with van der Waals surface area (Å²) in [6.45, 7) is 0.574. The Morgan fingerprint density at radius 2 is 2.19 bits per heavy atom. The lowest BCUT2D eigenvalue weighted by Gasteiger charge is -2.30. The summed E-state index contributed by atoms with van der Waals surface area (Å²) in [4.78, 5) is 25.3. The van der Waals surface area contributed by atoms with Crippen LogP contribution in [0.25, 0.3) is 10.1 Å². The topological polar surface area (TPSA) is 66.8 Å². The number of rotatable bonds is 2. The first kappa shape index (κ1) is 14.0. The highest BCUT2D eigenvalue weighted by Gasteiger charge is 2.30. The summed E-state index contributed by atoms with van der Waals surface area (Å²) in [7, 11) is 0. The fraction of sp³-hybridized carbons (Fsp3) is 0.286. The number of nitrogens with zero attached hydrogens (tertiary/aromatic N) is 1. The summed E-state index contributed by atoms with van der Waals surface area (Å²) in [5.41, 5.74) is 0. The number of thiophene rings is 1. The molecule has 1 aliphatic rings. The van der Waals surface area contributed by atoms with Gasteiger partial charge in [-0.15, -0.1) is 11.3 Å². The fourth-order valence-corrected chi connectivity index (χ4v) is 3.30. The van der Waals surface area contributed by atoms with E-state index >= 15 is 0 Å². The zero-order chi connectivity index (χ0) is 15.0. The fourth-order valence-electron chi connectivity index (χ4n) is 2.25. The smallest absolute Gasteiger partial charge is 0.334 e. The van der Waals surface area contributed by atoms with Crippen LogP contribution in [0.3, 0.4) is 0 Å². The number of carbonyl (C=O) groups is 2. The summed E-state index contributed by atoms with van der Waals surface area (Å²) >= 11 is 1.20. The molecule has 1 fully saturated rings. The number of amides is 1. The lowest BCUT2D eigenvalue weighted by molar-refractivity contribution is -0.154. The third-order valence-electron chi connectivity index (χ3n) is 3.32. The maximum absolute atomic E-state index is 13.2. The van der Waals surface area contributed by atoms with E-state index in [1.54, 1.807) is 12.1 Å². The van der Waals surface area contributed by atoms with Crippen molar-refractivity contribution in [3.05, 3.63) is 35.0 Å². The van der Waals surface area contributed by atoms with Gasteiger partial charge < -0.3 is 14.7 Å². The van der Waals surface area contributed by atoms with Gasteiger partial charge in [-0.3, -0.25) is 4.79 Å². The largest absolute Gasteiger partial charge is 0.479 e. The molecule has 110 valence electrons. The van der Waals surface area contributed by atoms with Crippen molar-refractivity contribution in [3.63, 3.8) is 0 Å². The maximum Gasteiger partial charge on any atom is 0.334 e. The molecule has 0 aliphatic carbocycles. The van der Waals surface area contributed by atoms with Crippen molar-refractivity contribution in [2.45, 2.75) is 6.10 Å². The van der Waals surface area contributed by atoms with Crippen LogP contribution in [0.4, 0.5) is 4.39 Å². The van der Waals surface area contributed by atoms with E-state index in [9.17, 15) is 14.0 Å². The van der Waals surface area contributed by atoms with Crippen molar-refractivity contribution >= 4 is 33.3 Å². The Kier molecular flexibility index (Phi) is 3.60. The van der Waals surface area contributed by atoms with Gasteiger partial charge in [-0.2, -0.15) is 0 Å². The van der Waals surface area contributed by atoms with Crippen molar-refractivity contribution in [2.75, 3.05) is 19.7 Å². The van der Waals surface area contributed by atoms with Gasteiger partial charge in [-0.05, 0) is 23.6 Å². The van der Waals surface area contributed by atoms with Gasteiger partial charge in [0.15, 0.2) is 6.10 Å². The van der Waals surface area contributed by atoms with E-state index in [1.165, 1.54) is 28.4 Å². The second-order valence-corrected chi connectivity index (χ2v) is 5.83. The molecule has 1 aliphatic heterocycles. The maximum atomic E-state index is 13.2. The van der Waals surface area contributed by atoms with E-state index < -0.39 is 12.1 Å². The molecule has 1 aromatic heterocycles. The Morgan fingerprint density at radius 1 is 1.38 bits per heavy atom. The van der Waals surface area contributed by atoms with Crippen molar-refractivity contribution in [3.8, 4) is 0 Å². The van der Waals surface area contributed by atoms with E-state index in [4.69, 9.17) is 9.84 Å². The highest BCUT2D eigenvalue weighted by atomic mass is 32.1. The van der Waals surface area contributed by atoms with Crippen LogP contribution in [0.1, 0.15) is 9.67 Å². The molecule has 7 heteroatoms. The number of hydrogen-bond donors (Lipinski definition) is 1. The molecule has 0 radical (unpaired) electrons. The average Bonchev–Trinajstić information content (AvgIpc) is 2.89. The molecule has 2 heterocycles. The summed E-state index contributed by atoms with van der Waals surface area (Å²) < 4.78 is 19.0. The molecule has 1 amide bonds. The molecule has 0 spiro atoms. The summed E-state index contributed by atoms with van der Waals surface area (Å²) in [5.74, 6) is -1.67. The first-order valence-electron chi connectivity index (χ1n) is 6.37. The number of carboxylic acid groups (broad SMARTS) is 1. The number of morpholine rings is 1. The lowest BCUT2D eigenvalue weighted by atomic mass is 10.2. The molecule has 3 rings (SSSR count). The number of carboxylic acids is 1. The van der Waals surface area contributed by atoms with Crippen LogP contribution in [-0.2, 0) is 9.53 Å². The summed E-state index contributed by atoms with van der Waals surface area (Å²) in [6, 6.07) is 6.05. The number of aliphatic carboxylic acids is 1. The van der Waals surface area contributed by atoms with E-state index in [2.05, 4.69) is 0 Å². The van der Waals surface area contributed by atoms with Gasteiger partial charge in [-0.25, -0.2) is 9.18 Å². The lowest BCUT2D eigenvalue weighted by Crippen LogP contribution is -2.48. The SMILES string of the molecule is O=C(O)C1CN(C(=O)c2cc3ccc(F)cc3s2)CCO1. The zero-order valence-electron chi connectivity index (χ0n) is 10.9. The predicted octanol–water partition coefficient (Wildman–Crippen LogP) is 1.97. The Balaban J connectivity index is 1.84. The third-order valence-corrected chi connectivity index (χ3v) is 4.41. The van der Waals surface area contributed by atoms with Crippen LogP contribution < -0.4 is 0 Å². The van der Waals surface area contributed by atoms with Crippen molar-refractivity contribution in [2.24, 2.45) is 0 Å². The minimum absolute atomic E-state index is 0.0246. The van der Waals surface area contributed by atoms with E-state index in [1.807, 2.05) is 0 Å². The quantitative estimate of drug-likeness (QED) is 0.921. The second-order valence-electron chi connectivity index (χ2n) is 4.74. The monoisotopic (exact) mass is 309 g/mol. The first-order chi connectivity index (χ1) is 10.0. The minimum Gasteiger partial charge on any atom is -0.479 e. The molecule has 1 saturated heterocycles. The molecule has 21 heavy (non-hydrogen) atoms. The van der Waals surface area contributed by atoms with Gasteiger partial charge in [-0.1, -0.05) is 6.07 Å². The van der Waals surface area contributed by atoms with Gasteiger partial charge in [0.1, 0.15) is 5.82 Å². The van der Waals surface area contributed by atoms with E-state index in [-0.39, 0.29) is 24.9 Å². The standard InChI is InChI=1S/C14H12FNO4S/c15-9-2-1-8-5-12(21-11(8)6-9)13(17)16-3-4-20-10(7-16)14(18)19/h1-2,5-6,10H,3-4,7H2,(H,18,19). The molecule has 1 unspecified atom stereocenters. The van der Waals surface area contributed by atoms with Crippen LogP contribution in [0.5, 0.6) is 0 Å². The number of hydrogen-bond acceptors (Lipinski definition) is 4. The Morgan fingerprint density at radius 3 is 2.95 bits per heavy atom. The van der Waals surface area contributed by atoms with Crippen LogP contribution >= 0.6 is 11.3 Å². The molecule has 2 aromatic rings. The number of benzene rings is 1. The zero-order valence-corrected chi connectivity index (χ0v) is 11.7. The minimum atomic E-state index is -1.08. The number of fused-ring (bicyclic) bond motifs is 1. The number of halogens is 1. The van der Waals surface area contributed by atoms with Crippen LogP contribution in [-0.4, -0.2) is 47.7 Å². The van der Waals surface area contributed by atoms with Crippen LogP contribution in [0.2, 0.25) is 0 Å². The van der Waals surface area contributed by atoms with Crippen molar-refractivity contribution in [1.82, 2.24) is 4.90 Å².